The summed E-state index contributed by atoms with van der Waals surface area (Å²) in [6, 6.07) is 7.14. The predicted octanol–water partition coefficient (Wildman–Crippen LogP) is 3.76. The largest absolute Gasteiger partial charge is 0.331 e. The molecule has 4 rings (SSSR count). The first-order chi connectivity index (χ1) is 11.2. The van der Waals surface area contributed by atoms with Crippen LogP contribution >= 0.6 is 36.2 Å². The lowest BCUT2D eigenvalue weighted by molar-refractivity contribution is 0.0685. The Kier molecular flexibility index (Phi) is 6.79. The topological polar surface area (TPSA) is 45.2 Å². The average Bonchev–Trinajstić information content (AvgIpc) is 3.11. The number of halogens is 3. The van der Waals surface area contributed by atoms with Crippen molar-refractivity contribution >= 4 is 42.1 Å². The van der Waals surface area contributed by atoms with Crippen molar-refractivity contribution in [3.05, 3.63) is 41.2 Å². The molecule has 2 fully saturated rings. The van der Waals surface area contributed by atoms with Gasteiger partial charge in [-0.05, 0) is 37.9 Å². The van der Waals surface area contributed by atoms with E-state index in [-0.39, 0.29) is 42.6 Å². The van der Waals surface area contributed by atoms with E-state index in [0.717, 1.165) is 32.4 Å². The third kappa shape index (κ3) is 3.82. The number of fused-ring (bicyclic) bond motifs is 2. The number of nitrogens with one attached hydrogen (secondary N) is 1. The van der Waals surface area contributed by atoms with E-state index in [4.69, 9.17) is 0 Å². The van der Waals surface area contributed by atoms with Gasteiger partial charge in [-0.3, -0.25) is 4.79 Å². The van der Waals surface area contributed by atoms with Crippen molar-refractivity contribution in [2.24, 2.45) is 0 Å². The van der Waals surface area contributed by atoms with E-state index < -0.39 is 0 Å². The molecule has 0 saturated carbocycles. The van der Waals surface area contributed by atoms with Crippen molar-refractivity contribution in [1.29, 1.82) is 0 Å². The van der Waals surface area contributed by atoms with Gasteiger partial charge in [-0.15, -0.1) is 36.2 Å². The average molecular weight is 404 g/mol. The number of nitrogens with zero attached hydrogens (tertiary/aromatic N) is 2. The maximum absolute atomic E-state index is 13.9. The van der Waals surface area contributed by atoms with Gasteiger partial charge in [-0.2, -0.15) is 0 Å². The van der Waals surface area contributed by atoms with E-state index in [0.29, 0.717) is 21.5 Å². The summed E-state index contributed by atoms with van der Waals surface area (Å²) in [6.45, 7) is 1.83. The summed E-state index contributed by atoms with van der Waals surface area (Å²) in [5.41, 5.74) is 0.456. The molecule has 136 valence electrons. The molecule has 2 aliphatic rings. The number of rotatable bonds is 2. The molecule has 2 aliphatic heterocycles. The first-order valence-electron chi connectivity index (χ1n) is 7.98. The highest BCUT2D eigenvalue weighted by molar-refractivity contribution is 7.16. The van der Waals surface area contributed by atoms with Crippen molar-refractivity contribution in [2.75, 3.05) is 13.1 Å². The molecule has 2 aromatic rings. The summed E-state index contributed by atoms with van der Waals surface area (Å²) >= 11 is 1.28. The zero-order valence-electron chi connectivity index (χ0n) is 13.5. The summed E-state index contributed by atoms with van der Waals surface area (Å²) in [5, 5.41) is 3.96. The molecular formula is C17H20Cl2FN3OS. The predicted molar refractivity (Wildman–Crippen MR) is 102 cm³/mol. The highest BCUT2D eigenvalue weighted by Crippen LogP contribution is 2.33. The first-order valence-corrected chi connectivity index (χ1v) is 8.80. The van der Waals surface area contributed by atoms with Gasteiger partial charge in [0.15, 0.2) is 0 Å². The van der Waals surface area contributed by atoms with Crippen LogP contribution < -0.4 is 5.32 Å². The Balaban J connectivity index is 0.00000113. The van der Waals surface area contributed by atoms with Crippen LogP contribution in [0.15, 0.2) is 30.5 Å². The number of thiazole rings is 1. The minimum atomic E-state index is -0.306. The van der Waals surface area contributed by atoms with Crippen LogP contribution in [0.1, 0.15) is 28.9 Å². The number of carbonyl (C=O) groups excluding carboxylic acids is 1. The van der Waals surface area contributed by atoms with Crippen molar-refractivity contribution in [1.82, 2.24) is 15.2 Å². The molecule has 1 N–H and O–H groups in total. The van der Waals surface area contributed by atoms with Gasteiger partial charge in [-0.1, -0.05) is 12.1 Å². The molecule has 0 aliphatic carbocycles. The standard InChI is InChI=1S/C17H18FN3OS.2ClH/c18-14-4-2-1-3-13(14)16-20-10-15(23-16)17(22)21-11-5-6-12(21)9-19-8-7-11;;/h1-4,10-12,19H,5-9H2;2*1H. The maximum atomic E-state index is 13.9. The van der Waals surface area contributed by atoms with E-state index in [9.17, 15) is 9.18 Å². The number of carbonyl (C=O) groups is 1. The minimum absolute atomic E-state index is 0. The zero-order valence-corrected chi connectivity index (χ0v) is 15.9. The normalized spacial score (nSPS) is 21.9. The van der Waals surface area contributed by atoms with Crippen molar-refractivity contribution in [2.45, 2.75) is 31.3 Å². The summed E-state index contributed by atoms with van der Waals surface area (Å²) in [4.78, 5) is 19.8. The Morgan fingerprint density at radius 2 is 1.96 bits per heavy atom. The van der Waals surface area contributed by atoms with Crippen LogP contribution in [0.3, 0.4) is 0 Å². The van der Waals surface area contributed by atoms with Crippen molar-refractivity contribution in [3.63, 3.8) is 0 Å². The third-order valence-corrected chi connectivity index (χ3v) is 5.73. The fourth-order valence-corrected chi connectivity index (χ4v) is 4.46. The smallest absolute Gasteiger partial charge is 0.266 e. The molecule has 0 spiro atoms. The molecule has 2 saturated heterocycles. The SMILES string of the molecule is Cl.Cl.O=C(c1cnc(-c2ccccc2F)s1)N1C2CCNCC1CC2. The maximum Gasteiger partial charge on any atom is 0.266 e. The summed E-state index contributed by atoms with van der Waals surface area (Å²) < 4.78 is 13.9. The van der Waals surface area contributed by atoms with Gasteiger partial charge in [0.25, 0.3) is 5.91 Å². The molecular weight excluding hydrogens is 384 g/mol. The van der Waals surface area contributed by atoms with Crippen LogP contribution in [0, 0.1) is 5.82 Å². The Morgan fingerprint density at radius 1 is 1.20 bits per heavy atom. The summed E-state index contributed by atoms with van der Waals surface area (Å²) in [5.74, 6) is -0.263. The van der Waals surface area contributed by atoms with Crippen LogP contribution in [0.2, 0.25) is 0 Å². The number of aromatic nitrogens is 1. The van der Waals surface area contributed by atoms with E-state index in [1.165, 1.54) is 17.4 Å². The van der Waals surface area contributed by atoms with Crippen LogP contribution in [0.5, 0.6) is 0 Å². The Hall–Kier alpha value is -1.21. The Labute approximate surface area is 162 Å². The molecule has 2 bridgehead atoms. The lowest BCUT2D eigenvalue weighted by Crippen LogP contribution is -2.42. The van der Waals surface area contributed by atoms with E-state index in [1.54, 1.807) is 24.4 Å². The van der Waals surface area contributed by atoms with Gasteiger partial charge in [0.2, 0.25) is 0 Å². The van der Waals surface area contributed by atoms with E-state index >= 15 is 0 Å². The fraction of sp³-hybridized carbons (Fsp3) is 0.412. The number of hydrogen-bond acceptors (Lipinski definition) is 4. The van der Waals surface area contributed by atoms with Gasteiger partial charge in [0, 0.05) is 24.2 Å². The molecule has 25 heavy (non-hydrogen) atoms. The van der Waals surface area contributed by atoms with Gasteiger partial charge in [0.1, 0.15) is 15.7 Å². The molecule has 1 aromatic carbocycles. The minimum Gasteiger partial charge on any atom is -0.331 e. The second-order valence-electron chi connectivity index (χ2n) is 6.10. The Bertz CT molecular complexity index is 728. The van der Waals surface area contributed by atoms with E-state index in [2.05, 4.69) is 10.3 Å². The van der Waals surface area contributed by atoms with Gasteiger partial charge >= 0.3 is 0 Å². The molecule has 1 aromatic heterocycles. The second-order valence-corrected chi connectivity index (χ2v) is 7.13. The molecule has 0 radical (unpaired) electrons. The van der Waals surface area contributed by atoms with Gasteiger partial charge < -0.3 is 10.2 Å². The number of amides is 1. The molecule has 3 heterocycles. The lowest BCUT2D eigenvalue weighted by Gasteiger charge is -2.27. The lowest BCUT2D eigenvalue weighted by atomic mass is 10.1. The molecule has 8 heteroatoms. The van der Waals surface area contributed by atoms with Crippen molar-refractivity contribution < 1.29 is 9.18 Å². The molecule has 4 nitrogen and oxygen atoms in total. The van der Waals surface area contributed by atoms with Gasteiger partial charge in [0.05, 0.1) is 6.20 Å². The molecule has 1 amide bonds. The summed E-state index contributed by atoms with van der Waals surface area (Å²) in [6.07, 6.45) is 4.73. The van der Waals surface area contributed by atoms with Crippen LogP contribution in [0.25, 0.3) is 10.6 Å². The second kappa shape index (κ2) is 8.45. The molecule has 2 unspecified atom stereocenters. The zero-order chi connectivity index (χ0) is 15.8. The Morgan fingerprint density at radius 3 is 2.76 bits per heavy atom. The van der Waals surface area contributed by atoms with Crippen molar-refractivity contribution in [3.8, 4) is 10.6 Å². The first kappa shape index (κ1) is 20.1. The van der Waals surface area contributed by atoms with Crippen LogP contribution in [-0.2, 0) is 0 Å². The van der Waals surface area contributed by atoms with Crippen LogP contribution in [-0.4, -0.2) is 41.0 Å². The molecule has 2 atom stereocenters. The number of hydrogen-bond donors (Lipinski definition) is 1. The van der Waals surface area contributed by atoms with Gasteiger partial charge in [-0.25, -0.2) is 9.37 Å². The highest BCUT2D eigenvalue weighted by atomic mass is 35.5. The fourth-order valence-electron chi connectivity index (χ4n) is 3.57. The highest BCUT2D eigenvalue weighted by Gasteiger charge is 2.38. The summed E-state index contributed by atoms with van der Waals surface area (Å²) in [7, 11) is 0. The third-order valence-electron chi connectivity index (χ3n) is 4.71. The number of benzene rings is 1. The van der Waals surface area contributed by atoms with E-state index in [1.807, 2.05) is 4.90 Å². The van der Waals surface area contributed by atoms with Crippen LogP contribution in [0.4, 0.5) is 4.39 Å². The quantitative estimate of drug-likeness (QED) is 0.829. The monoisotopic (exact) mass is 403 g/mol.